The third kappa shape index (κ3) is 3.40. The molecule has 8 heteroatoms. The lowest BCUT2D eigenvalue weighted by Crippen LogP contribution is -2.15. The Bertz CT molecular complexity index is 986. The zero-order valence-corrected chi connectivity index (χ0v) is 14.9. The predicted octanol–water partition coefficient (Wildman–Crippen LogP) is 4.19. The lowest BCUT2D eigenvalue weighted by Gasteiger charge is -2.09. The second-order valence-electron chi connectivity index (χ2n) is 5.08. The first kappa shape index (κ1) is 16.8. The van der Waals surface area contributed by atoms with Gasteiger partial charge < -0.3 is 0 Å². The quantitative estimate of drug-likeness (QED) is 0.736. The molecule has 0 amide bonds. The van der Waals surface area contributed by atoms with E-state index in [9.17, 15) is 8.42 Å². The maximum Gasteiger partial charge on any atom is 0.264 e. The number of nitrogens with zero attached hydrogens (tertiary/aromatic N) is 2. The molecule has 0 atom stereocenters. The Morgan fingerprint density at radius 3 is 2.46 bits per heavy atom. The lowest BCUT2D eigenvalue weighted by atomic mass is 10.2. The molecule has 0 spiro atoms. The van der Waals surface area contributed by atoms with E-state index in [1.54, 1.807) is 13.1 Å². The van der Waals surface area contributed by atoms with Crippen molar-refractivity contribution >= 4 is 39.0 Å². The highest BCUT2D eigenvalue weighted by Crippen LogP contribution is 2.28. The van der Waals surface area contributed by atoms with Crippen LogP contribution in [0.4, 0.5) is 5.82 Å². The van der Waals surface area contributed by atoms with E-state index in [1.165, 1.54) is 22.9 Å². The Labute approximate surface area is 149 Å². The molecule has 0 radical (unpaired) electrons. The summed E-state index contributed by atoms with van der Waals surface area (Å²) in [7, 11) is -2.23. The Hall–Kier alpha value is -2.02. The molecule has 0 saturated carbocycles. The van der Waals surface area contributed by atoms with Crippen molar-refractivity contribution in [2.45, 2.75) is 4.90 Å². The number of benzene rings is 2. The Morgan fingerprint density at radius 2 is 1.75 bits per heavy atom. The molecule has 1 aromatic heterocycles. The third-order valence-electron chi connectivity index (χ3n) is 3.37. The molecular weight excluding hydrogens is 369 g/mol. The van der Waals surface area contributed by atoms with Crippen LogP contribution in [0.3, 0.4) is 0 Å². The molecule has 2 aromatic carbocycles. The van der Waals surface area contributed by atoms with Crippen LogP contribution < -0.4 is 4.72 Å². The smallest absolute Gasteiger partial charge is 0.264 e. The average Bonchev–Trinajstić information content (AvgIpc) is 2.91. The third-order valence-corrected chi connectivity index (χ3v) is 5.44. The van der Waals surface area contributed by atoms with Gasteiger partial charge in [-0.25, -0.2) is 8.42 Å². The summed E-state index contributed by atoms with van der Waals surface area (Å²) in [6.45, 7) is 0. The predicted molar refractivity (Wildman–Crippen MR) is 95.9 cm³/mol. The molecule has 0 saturated heterocycles. The van der Waals surface area contributed by atoms with Crippen molar-refractivity contribution in [2.75, 3.05) is 4.72 Å². The number of aromatic nitrogens is 2. The van der Waals surface area contributed by atoms with Crippen molar-refractivity contribution in [2.24, 2.45) is 7.05 Å². The molecule has 3 rings (SSSR count). The molecule has 5 nitrogen and oxygen atoms in total. The lowest BCUT2D eigenvalue weighted by molar-refractivity contribution is 0.600. The summed E-state index contributed by atoms with van der Waals surface area (Å²) in [4.78, 5) is -0.0841. The first-order chi connectivity index (χ1) is 11.4. The molecule has 0 aliphatic carbocycles. The number of hydrogen-bond donors (Lipinski definition) is 1. The summed E-state index contributed by atoms with van der Waals surface area (Å²) in [6.07, 6.45) is 0. The number of sulfonamides is 1. The van der Waals surface area contributed by atoms with Gasteiger partial charge in [-0.3, -0.25) is 9.40 Å². The molecule has 3 aromatic rings. The van der Waals surface area contributed by atoms with Crippen molar-refractivity contribution < 1.29 is 8.42 Å². The van der Waals surface area contributed by atoms with E-state index in [2.05, 4.69) is 9.82 Å². The molecule has 1 N–H and O–H groups in total. The molecule has 124 valence electrons. The van der Waals surface area contributed by atoms with Gasteiger partial charge in [-0.2, -0.15) is 5.10 Å². The van der Waals surface area contributed by atoms with Gasteiger partial charge in [0.25, 0.3) is 10.0 Å². The minimum Gasteiger partial charge on any atom is -0.264 e. The first-order valence-electron chi connectivity index (χ1n) is 6.94. The van der Waals surface area contributed by atoms with Crippen molar-refractivity contribution in [1.82, 2.24) is 9.78 Å². The van der Waals surface area contributed by atoms with Gasteiger partial charge in [0.1, 0.15) is 10.7 Å². The van der Waals surface area contributed by atoms with Crippen LogP contribution in [0.2, 0.25) is 10.0 Å². The summed E-state index contributed by atoms with van der Waals surface area (Å²) < 4.78 is 29.1. The van der Waals surface area contributed by atoms with Crippen molar-refractivity contribution in [3.05, 3.63) is 64.6 Å². The van der Waals surface area contributed by atoms with Gasteiger partial charge in [-0.05, 0) is 18.2 Å². The van der Waals surface area contributed by atoms with Gasteiger partial charge in [0.2, 0.25) is 0 Å². The summed E-state index contributed by atoms with van der Waals surface area (Å²) >= 11 is 11.9. The van der Waals surface area contributed by atoms with Crippen LogP contribution in [-0.2, 0) is 17.1 Å². The number of aryl methyl sites for hydroxylation is 1. The summed E-state index contributed by atoms with van der Waals surface area (Å²) in [5, 5.41) is 4.71. The van der Waals surface area contributed by atoms with Gasteiger partial charge in [0, 0.05) is 23.7 Å². The van der Waals surface area contributed by atoms with Crippen molar-refractivity contribution in [3.63, 3.8) is 0 Å². The van der Waals surface area contributed by atoms with Gasteiger partial charge in [-0.15, -0.1) is 0 Å². The highest BCUT2D eigenvalue weighted by molar-refractivity contribution is 7.92. The number of rotatable bonds is 4. The number of hydrogen-bond acceptors (Lipinski definition) is 3. The van der Waals surface area contributed by atoms with Crippen LogP contribution in [0.15, 0.2) is 59.5 Å². The standard InChI is InChI=1S/C16H13Cl2N3O2S/c1-21-16(10-14(19-21)11-5-3-2-4-6-11)20-24(22,23)15-9-12(17)7-8-13(15)18/h2-10,20H,1H3. The fourth-order valence-corrected chi connectivity index (χ4v) is 4.03. The fraction of sp³-hybridized carbons (Fsp3) is 0.0625. The largest absolute Gasteiger partial charge is 0.264 e. The van der Waals surface area contributed by atoms with Gasteiger partial charge in [-0.1, -0.05) is 53.5 Å². The minimum absolute atomic E-state index is 0.0841. The van der Waals surface area contributed by atoms with Crippen LogP contribution >= 0.6 is 23.2 Å². The van der Waals surface area contributed by atoms with E-state index >= 15 is 0 Å². The zero-order chi connectivity index (χ0) is 17.3. The summed E-state index contributed by atoms with van der Waals surface area (Å²) in [6, 6.07) is 15.4. The average molecular weight is 382 g/mol. The minimum atomic E-state index is -3.89. The van der Waals surface area contributed by atoms with Crippen LogP contribution in [0.5, 0.6) is 0 Å². The van der Waals surface area contributed by atoms with Crippen molar-refractivity contribution in [1.29, 1.82) is 0 Å². The fourth-order valence-electron chi connectivity index (χ4n) is 2.19. The highest BCUT2D eigenvalue weighted by Gasteiger charge is 2.20. The van der Waals surface area contributed by atoms with Crippen LogP contribution in [0.1, 0.15) is 0 Å². The first-order valence-corrected chi connectivity index (χ1v) is 9.18. The highest BCUT2D eigenvalue weighted by atomic mass is 35.5. The van der Waals surface area contributed by atoms with Crippen molar-refractivity contribution in [3.8, 4) is 11.3 Å². The molecular formula is C16H13Cl2N3O2S. The van der Waals surface area contributed by atoms with Crippen LogP contribution in [-0.4, -0.2) is 18.2 Å². The van der Waals surface area contributed by atoms with Gasteiger partial charge in [0.05, 0.1) is 10.7 Å². The topological polar surface area (TPSA) is 64.0 Å². The summed E-state index contributed by atoms with van der Waals surface area (Å²) in [5.74, 6) is 0.324. The Morgan fingerprint density at radius 1 is 1.04 bits per heavy atom. The second-order valence-corrected chi connectivity index (χ2v) is 7.58. The summed E-state index contributed by atoms with van der Waals surface area (Å²) in [5.41, 5.74) is 1.55. The maximum atomic E-state index is 12.6. The van der Waals surface area contributed by atoms with E-state index in [4.69, 9.17) is 23.2 Å². The van der Waals surface area contributed by atoms with Gasteiger partial charge in [0.15, 0.2) is 0 Å². The SMILES string of the molecule is Cn1nc(-c2ccccc2)cc1NS(=O)(=O)c1cc(Cl)ccc1Cl. The molecule has 1 heterocycles. The molecule has 0 bridgehead atoms. The van der Waals surface area contributed by atoms with Crippen LogP contribution in [0.25, 0.3) is 11.3 Å². The van der Waals surface area contributed by atoms with Gasteiger partial charge >= 0.3 is 0 Å². The van der Waals surface area contributed by atoms with E-state index in [1.807, 2.05) is 30.3 Å². The number of nitrogens with one attached hydrogen (secondary N) is 1. The second kappa shape index (κ2) is 6.47. The van der Waals surface area contributed by atoms with E-state index in [0.29, 0.717) is 11.5 Å². The normalized spacial score (nSPS) is 11.5. The molecule has 0 aliphatic heterocycles. The van der Waals surface area contributed by atoms with Crippen LogP contribution in [0, 0.1) is 0 Å². The molecule has 24 heavy (non-hydrogen) atoms. The Kier molecular flexibility index (Phi) is 4.54. The van der Waals surface area contributed by atoms with E-state index in [0.717, 1.165) is 5.56 Å². The maximum absolute atomic E-state index is 12.6. The number of anilines is 1. The van der Waals surface area contributed by atoms with E-state index < -0.39 is 10.0 Å². The zero-order valence-electron chi connectivity index (χ0n) is 12.6. The Balaban J connectivity index is 1.96. The molecule has 0 aliphatic rings. The van der Waals surface area contributed by atoms with E-state index in [-0.39, 0.29) is 14.9 Å². The molecule has 0 fully saturated rings. The monoisotopic (exact) mass is 381 g/mol. The molecule has 0 unspecified atom stereocenters. The number of halogens is 2.